The van der Waals surface area contributed by atoms with Crippen LogP contribution in [0.1, 0.15) is 17.2 Å². The van der Waals surface area contributed by atoms with Crippen molar-refractivity contribution in [3.05, 3.63) is 52.3 Å². The van der Waals surface area contributed by atoms with Crippen molar-refractivity contribution < 1.29 is 9.47 Å². The zero-order valence-electron chi connectivity index (χ0n) is 10.8. The topological polar surface area (TPSA) is 57.4 Å². The van der Waals surface area contributed by atoms with Crippen molar-refractivity contribution in [3.63, 3.8) is 0 Å². The molecule has 100 valence electrons. The molecule has 0 radical (unpaired) electrons. The van der Waals surface area contributed by atoms with Gasteiger partial charge in [0.15, 0.2) is 0 Å². The molecular weight excluding hydrogens is 308 g/mol. The maximum absolute atomic E-state index is 6.28. The number of nitrogens with two attached hydrogens (primary N) is 1. The molecule has 1 atom stereocenters. The van der Waals surface area contributed by atoms with E-state index in [0.717, 1.165) is 21.3 Å². The molecule has 4 nitrogen and oxygen atoms in total. The van der Waals surface area contributed by atoms with Gasteiger partial charge in [0.25, 0.3) is 0 Å². The normalized spacial score (nSPS) is 12.0. The predicted molar refractivity (Wildman–Crippen MR) is 77.5 cm³/mol. The lowest BCUT2D eigenvalue weighted by molar-refractivity contribution is 0.406. The molecule has 0 aliphatic heterocycles. The first kappa shape index (κ1) is 13.8. The summed E-state index contributed by atoms with van der Waals surface area (Å²) in [6.45, 7) is 0. The van der Waals surface area contributed by atoms with Crippen LogP contribution >= 0.6 is 15.9 Å². The summed E-state index contributed by atoms with van der Waals surface area (Å²) in [5, 5.41) is 0. The summed E-state index contributed by atoms with van der Waals surface area (Å²) in [7, 11) is 3.23. The fourth-order valence-corrected chi connectivity index (χ4v) is 2.18. The predicted octanol–water partition coefficient (Wildman–Crippen LogP) is 2.91. The van der Waals surface area contributed by atoms with Crippen molar-refractivity contribution in [1.82, 2.24) is 4.98 Å². The number of benzene rings is 1. The van der Waals surface area contributed by atoms with Gasteiger partial charge in [-0.25, -0.2) is 0 Å². The molecular formula is C14H15BrN2O2. The summed E-state index contributed by atoms with van der Waals surface area (Å²) in [5.74, 6) is 1.42. The van der Waals surface area contributed by atoms with Crippen molar-refractivity contribution in [3.8, 4) is 11.5 Å². The van der Waals surface area contributed by atoms with Gasteiger partial charge in [0, 0.05) is 16.2 Å². The molecule has 1 aromatic heterocycles. The van der Waals surface area contributed by atoms with E-state index >= 15 is 0 Å². The van der Waals surface area contributed by atoms with Gasteiger partial charge < -0.3 is 15.2 Å². The fraction of sp³-hybridized carbons (Fsp3) is 0.214. The Morgan fingerprint density at radius 3 is 2.63 bits per heavy atom. The first-order chi connectivity index (χ1) is 9.15. The van der Waals surface area contributed by atoms with Crippen molar-refractivity contribution in [2.24, 2.45) is 5.73 Å². The van der Waals surface area contributed by atoms with Gasteiger partial charge in [-0.05, 0) is 23.8 Å². The van der Waals surface area contributed by atoms with Crippen LogP contribution in [0, 0.1) is 0 Å². The molecule has 0 amide bonds. The lowest BCUT2D eigenvalue weighted by Gasteiger charge is -2.16. The van der Waals surface area contributed by atoms with Crippen LogP contribution in [0.25, 0.3) is 0 Å². The van der Waals surface area contributed by atoms with Gasteiger partial charge in [-0.1, -0.05) is 22.0 Å². The lowest BCUT2D eigenvalue weighted by atomic mass is 10.00. The monoisotopic (exact) mass is 322 g/mol. The molecule has 2 rings (SSSR count). The number of methoxy groups -OCH3 is 2. The van der Waals surface area contributed by atoms with E-state index in [1.807, 2.05) is 24.3 Å². The number of pyridine rings is 1. The number of nitrogens with zero attached hydrogens (tertiary/aromatic N) is 1. The SMILES string of the molecule is COc1cncc(C(N)c2ccc(Br)cc2OC)c1. The highest BCUT2D eigenvalue weighted by molar-refractivity contribution is 9.10. The van der Waals surface area contributed by atoms with Gasteiger partial charge in [-0.3, -0.25) is 4.98 Å². The first-order valence-electron chi connectivity index (χ1n) is 5.73. The number of hydrogen-bond donors (Lipinski definition) is 1. The minimum Gasteiger partial charge on any atom is -0.496 e. The van der Waals surface area contributed by atoms with Gasteiger partial charge in [-0.2, -0.15) is 0 Å². The number of aromatic nitrogens is 1. The quantitative estimate of drug-likeness (QED) is 0.940. The lowest BCUT2D eigenvalue weighted by Crippen LogP contribution is -2.13. The molecule has 19 heavy (non-hydrogen) atoms. The van der Waals surface area contributed by atoms with E-state index in [2.05, 4.69) is 20.9 Å². The molecule has 1 heterocycles. The van der Waals surface area contributed by atoms with Crippen LogP contribution in [0.15, 0.2) is 41.1 Å². The van der Waals surface area contributed by atoms with E-state index in [1.165, 1.54) is 0 Å². The zero-order valence-corrected chi connectivity index (χ0v) is 12.3. The molecule has 0 saturated heterocycles. The van der Waals surface area contributed by atoms with Crippen molar-refractivity contribution >= 4 is 15.9 Å². The van der Waals surface area contributed by atoms with Crippen molar-refractivity contribution in [1.29, 1.82) is 0 Å². The van der Waals surface area contributed by atoms with Gasteiger partial charge in [-0.15, -0.1) is 0 Å². The molecule has 5 heteroatoms. The Morgan fingerprint density at radius 2 is 1.95 bits per heavy atom. The number of ether oxygens (including phenoxy) is 2. The smallest absolute Gasteiger partial charge is 0.137 e. The second-order valence-electron chi connectivity index (χ2n) is 4.02. The molecule has 0 saturated carbocycles. The molecule has 2 N–H and O–H groups in total. The van der Waals surface area contributed by atoms with Crippen LogP contribution in [0.5, 0.6) is 11.5 Å². The van der Waals surface area contributed by atoms with E-state index in [-0.39, 0.29) is 6.04 Å². The first-order valence-corrected chi connectivity index (χ1v) is 6.53. The Kier molecular flexibility index (Phi) is 4.39. The third-order valence-corrected chi connectivity index (χ3v) is 3.35. The van der Waals surface area contributed by atoms with E-state index in [4.69, 9.17) is 15.2 Å². The molecule has 2 aromatic rings. The van der Waals surface area contributed by atoms with Gasteiger partial charge in [0.05, 0.1) is 26.5 Å². The standard InChI is InChI=1S/C14H15BrN2O2/c1-18-11-5-9(7-17-8-11)14(16)12-4-3-10(15)6-13(12)19-2/h3-8,14H,16H2,1-2H3. The van der Waals surface area contributed by atoms with E-state index in [9.17, 15) is 0 Å². The largest absolute Gasteiger partial charge is 0.496 e. The van der Waals surface area contributed by atoms with E-state index in [1.54, 1.807) is 26.6 Å². The van der Waals surface area contributed by atoms with Crippen LogP contribution in [-0.2, 0) is 0 Å². The Balaban J connectivity index is 2.40. The summed E-state index contributed by atoms with van der Waals surface area (Å²) < 4.78 is 11.5. The Hall–Kier alpha value is -1.59. The van der Waals surface area contributed by atoms with E-state index in [0.29, 0.717) is 5.75 Å². The summed E-state index contributed by atoms with van der Waals surface area (Å²) in [6, 6.07) is 7.32. The number of rotatable bonds is 4. The highest BCUT2D eigenvalue weighted by Gasteiger charge is 2.15. The van der Waals surface area contributed by atoms with Crippen LogP contribution < -0.4 is 15.2 Å². The highest BCUT2D eigenvalue weighted by atomic mass is 79.9. The van der Waals surface area contributed by atoms with Crippen molar-refractivity contribution in [2.75, 3.05) is 14.2 Å². The van der Waals surface area contributed by atoms with Crippen LogP contribution in [0.2, 0.25) is 0 Å². The van der Waals surface area contributed by atoms with Crippen molar-refractivity contribution in [2.45, 2.75) is 6.04 Å². The minimum atomic E-state index is -0.314. The molecule has 0 bridgehead atoms. The third-order valence-electron chi connectivity index (χ3n) is 2.86. The molecule has 0 spiro atoms. The Bertz CT molecular complexity index is 575. The minimum absolute atomic E-state index is 0.314. The average molecular weight is 323 g/mol. The second-order valence-corrected chi connectivity index (χ2v) is 4.94. The summed E-state index contributed by atoms with van der Waals surface area (Å²) in [5.41, 5.74) is 8.05. The van der Waals surface area contributed by atoms with E-state index < -0.39 is 0 Å². The number of halogens is 1. The molecule has 1 unspecified atom stereocenters. The highest BCUT2D eigenvalue weighted by Crippen LogP contribution is 2.31. The average Bonchev–Trinajstić information content (AvgIpc) is 2.46. The number of hydrogen-bond acceptors (Lipinski definition) is 4. The molecule has 0 aliphatic carbocycles. The molecule has 1 aromatic carbocycles. The molecule has 0 fully saturated rings. The zero-order chi connectivity index (χ0) is 13.8. The molecule has 0 aliphatic rings. The summed E-state index contributed by atoms with van der Waals surface area (Å²) in [4.78, 5) is 4.12. The van der Waals surface area contributed by atoms with Crippen LogP contribution in [0.3, 0.4) is 0 Å². The second kappa shape index (κ2) is 6.04. The van der Waals surface area contributed by atoms with Gasteiger partial charge >= 0.3 is 0 Å². The summed E-state index contributed by atoms with van der Waals surface area (Å²) in [6.07, 6.45) is 3.38. The van der Waals surface area contributed by atoms with Crippen LogP contribution in [-0.4, -0.2) is 19.2 Å². The maximum Gasteiger partial charge on any atom is 0.137 e. The Morgan fingerprint density at radius 1 is 1.16 bits per heavy atom. The fourth-order valence-electron chi connectivity index (χ4n) is 1.84. The Labute approximate surface area is 120 Å². The van der Waals surface area contributed by atoms with Gasteiger partial charge in [0.2, 0.25) is 0 Å². The van der Waals surface area contributed by atoms with Crippen LogP contribution in [0.4, 0.5) is 0 Å². The maximum atomic E-state index is 6.28. The van der Waals surface area contributed by atoms with Gasteiger partial charge in [0.1, 0.15) is 11.5 Å². The summed E-state index contributed by atoms with van der Waals surface area (Å²) >= 11 is 3.41. The third kappa shape index (κ3) is 3.05.